The van der Waals surface area contributed by atoms with E-state index in [4.69, 9.17) is 0 Å². The highest BCUT2D eigenvalue weighted by Crippen LogP contribution is 2.33. The molecular weight excluding hydrogens is 511 g/mol. The summed E-state index contributed by atoms with van der Waals surface area (Å²) < 4.78 is 42.9. The second kappa shape index (κ2) is 13.3. The Kier molecular flexibility index (Phi) is 10.4. The lowest BCUT2D eigenvalue weighted by atomic mass is 9.89. The molecule has 37 heavy (non-hydrogen) atoms. The molecule has 2 unspecified atom stereocenters. The van der Waals surface area contributed by atoms with Crippen LogP contribution in [-0.2, 0) is 35.0 Å². The average molecular weight is 545 g/mol. The van der Waals surface area contributed by atoms with Crippen LogP contribution in [0.25, 0.3) is 11.1 Å². The van der Waals surface area contributed by atoms with Crippen LogP contribution in [0.1, 0.15) is 66.7 Å². The molecule has 1 N–H and O–H groups in total. The highest BCUT2D eigenvalue weighted by molar-refractivity contribution is 7.89. The predicted molar refractivity (Wildman–Crippen MR) is 149 cm³/mol. The molecule has 1 aromatic heterocycles. The van der Waals surface area contributed by atoms with Crippen LogP contribution < -0.4 is 10.3 Å². The van der Waals surface area contributed by atoms with E-state index in [0.29, 0.717) is 45.1 Å². The van der Waals surface area contributed by atoms with Gasteiger partial charge in [-0.2, -0.15) is 0 Å². The zero-order chi connectivity index (χ0) is 27.1. The van der Waals surface area contributed by atoms with Crippen molar-refractivity contribution >= 4 is 27.9 Å². The standard InChI is InChI=1S/C28H33FN2O4S2/c1-5-7-14-37(35)30-19(3)24-16-27(32)31(4)17-26(24)25-15-20(18-36(34)6-2)8-13-23(25)28(33)21-9-11-22(29)12-10-21/h8-13,15-17,19,30H,5-7,14,18H2,1-4H3/t19-,36?,37?/m0/s1. The number of nitrogens with one attached hydrogen (secondary N) is 1. The van der Waals surface area contributed by atoms with Crippen molar-refractivity contribution in [2.45, 2.75) is 45.4 Å². The lowest BCUT2D eigenvalue weighted by Crippen LogP contribution is -2.30. The number of halogens is 1. The van der Waals surface area contributed by atoms with Gasteiger partial charge in [-0.3, -0.25) is 13.8 Å². The number of benzene rings is 2. The summed E-state index contributed by atoms with van der Waals surface area (Å²) in [7, 11) is 0.563. The summed E-state index contributed by atoms with van der Waals surface area (Å²) in [5, 5.41) is 0. The molecule has 0 amide bonds. The summed E-state index contributed by atoms with van der Waals surface area (Å²) >= 11 is -1.29. The highest BCUT2D eigenvalue weighted by Gasteiger charge is 2.23. The molecule has 0 radical (unpaired) electrons. The minimum absolute atomic E-state index is 0.235. The topological polar surface area (TPSA) is 91.2 Å². The van der Waals surface area contributed by atoms with E-state index in [2.05, 4.69) is 4.72 Å². The second-order valence-electron chi connectivity index (χ2n) is 8.92. The first-order chi connectivity index (χ1) is 17.6. The first-order valence-corrected chi connectivity index (χ1v) is 15.1. The number of unbranched alkanes of at least 4 members (excludes halogenated alkanes) is 1. The van der Waals surface area contributed by atoms with Gasteiger partial charge >= 0.3 is 0 Å². The lowest BCUT2D eigenvalue weighted by molar-refractivity contribution is 0.103. The van der Waals surface area contributed by atoms with Crippen molar-refractivity contribution in [3.05, 3.63) is 93.2 Å². The number of pyridine rings is 1. The van der Waals surface area contributed by atoms with Gasteiger partial charge in [-0.25, -0.2) is 4.39 Å². The molecule has 0 aliphatic rings. The fourth-order valence-electron chi connectivity index (χ4n) is 3.97. The van der Waals surface area contributed by atoms with Crippen molar-refractivity contribution in [3.63, 3.8) is 0 Å². The molecule has 0 fully saturated rings. The summed E-state index contributed by atoms with van der Waals surface area (Å²) in [4.78, 5) is 26.2. The van der Waals surface area contributed by atoms with Gasteiger partial charge in [0.15, 0.2) is 5.78 Å². The molecular formula is C28H33FN2O4S2. The Balaban J connectivity index is 2.18. The number of nitrogens with zero attached hydrogens (tertiary/aromatic N) is 1. The van der Waals surface area contributed by atoms with E-state index in [1.54, 1.807) is 25.4 Å². The van der Waals surface area contributed by atoms with Gasteiger partial charge in [0, 0.05) is 69.7 Å². The molecule has 1 heterocycles. The van der Waals surface area contributed by atoms with Gasteiger partial charge in [0.25, 0.3) is 5.56 Å². The third-order valence-corrected chi connectivity index (χ3v) is 8.67. The number of ketones is 1. The molecule has 3 aromatic rings. The van der Waals surface area contributed by atoms with Crippen molar-refractivity contribution in [2.75, 3.05) is 11.5 Å². The van der Waals surface area contributed by atoms with E-state index in [0.717, 1.165) is 18.4 Å². The largest absolute Gasteiger partial charge is 0.598 e. The maximum absolute atomic E-state index is 13.6. The van der Waals surface area contributed by atoms with Gasteiger partial charge in [0.05, 0.1) is 6.04 Å². The summed E-state index contributed by atoms with van der Waals surface area (Å²) in [6.07, 6.45) is 3.39. The van der Waals surface area contributed by atoms with Crippen molar-refractivity contribution in [1.82, 2.24) is 9.29 Å². The number of hydrogen-bond acceptors (Lipinski definition) is 5. The highest BCUT2D eigenvalue weighted by atomic mass is 32.2. The smallest absolute Gasteiger partial charge is 0.250 e. The Hall–Kier alpha value is -2.59. The van der Waals surface area contributed by atoms with E-state index in [-0.39, 0.29) is 11.3 Å². The van der Waals surface area contributed by atoms with E-state index in [1.807, 2.05) is 26.8 Å². The molecule has 0 saturated carbocycles. The molecule has 0 saturated heterocycles. The molecule has 6 nitrogen and oxygen atoms in total. The Morgan fingerprint density at radius 3 is 2.49 bits per heavy atom. The van der Waals surface area contributed by atoms with Crippen LogP contribution in [-0.4, -0.2) is 30.6 Å². The zero-order valence-electron chi connectivity index (χ0n) is 21.6. The number of carbonyl (C=O) groups excluding carboxylic acids is 1. The van der Waals surface area contributed by atoms with Gasteiger partial charge in [-0.15, -0.1) is 4.72 Å². The second-order valence-corrected chi connectivity index (χ2v) is 12.0. The van der Waals surface area contributed by atoms with E-state index in [1.165, 1.54) is 34.9 Å². The molecule has 198 valence electrons. The third-order valence-electron chi connectivity index (χ3n) is 6.09. The fourth-order valence-corrected chi connectivity index (χ4v) is 5.91. The Labute approximate surface area is 223 Å². The Morgan fingerprint density at radius 2 is 1.84 bits per heavy atom. The molecule has 9 heteroatoms. The third kappa shape index (κ3) is 7.47. The molecule has 0 spiro atoms. The van der Waals surface area contributed by atoms with Crippen LogP contribution in [0.2, 0.25) is 0 Å². The van der Waals surface area contributed by atoms with Gasteiger partial charge < -0.3 is 9.12 Å². The molecule has 0 aliphatic heterocycles. The van der Waals surface area contributed by atoms with Gasteiger partial charge in [0.1, 0.15) is 11.6 Å². The van der Waals surface area contributed by atoms with Crippen molar-refractivity contribution in [2.24, 2.45) is 7.05 Å². The van der Waals surface area contributed by atoms with Gasteiger partial charge in [-0.05, 0) is 60.4 Å². The average Bonchev–Trinajstić information content (AvgIpc) is 2.88. The molecule has 3 atom stereocenters. The molecule has 2 aromatic carbocycles. The number of aryl methyl sites for hydroxylation is 1. The summed E-state index contributed by atoms with van der Waals surface area (Å²) in [5.74, 6) is 0.579. The predicted octanol–water partition coefficient (Wildman–Crippen LogP) is 4.81. The van der Waals surface area contributed by atoms with Crippen LogP contribution in [0.15, 0.2) is 59.5 Å². The lowest BCUT2D eigenvalue weighted by Gasteiger charge is -2.21. The van der Waals surface area contributed by atoms with E-state index in [9.17, 15) is 22.7 Å². The monoisotopic (exact) mass is 544 g/mol. The number of rotatable bonds is 12. The molecule has 0 bridgehead atoms. The Bertz CT molecular complexity index is 1320. The first kappa shape index (κ1) is 29.0. The van der Waals surface area contributed by atoms with E-state index >= 15 is 0 Å². The van der Waals surface area contributed by atoms with Gasteiger partial charge in [-0.1, -0.05) is 32.4 Å². The maximum atomic E-state index is 13.6. The van der Waals surface area contributed by atoms with Crippen LogP contribution >= 0.6 is 0 Å². The number of carbonyl (C=O) groups is 1. The van der Waals surface area contributed by atoms with Crippen LogP contribution in [0.5, 0.6) is 0 Å². The zero-order valence-corrected chi connectivity index (χ0v) is 23.2. The van der Waals surface area contributed by atoms with Gasteiger partial charge in [0.2, 0.25) is 0 Å². The van der Waals surface area contributed by atoms with E-state index < -0.39 is 34.0 Å². The SMILES string of the molecule is CCCC[S+]([O-])N[C@@H](C)c1cc(=O)n(C)cc1-c1cc(CS(=O)CC)ccc1C(=O)c1ccc(F)cc1. The number of hydrogen-bond donors (Lipinski definition) is 1. The summed E-state index contributed by atoms with van der Waals surface area (Å²) in [6, 6.07) is 11.7. The maximum Gasteiger partial charge on any atom is 0.250 e. The minimum Gasteiger partial charge on any atom is -0.598 e. The first-order valence-electron chi connectivity index (χ1n) is 12.3. The summed E-state index contributed by atoms with van der Waals surface area (Å²) in [5.41, 5.74) is 3.05. The Morgan fingerprint density at radius 1 is 1.14 bits per heavy atom. The number of aromatic nitrogens is 1. The quantitative estimate of drug-likeness (QED) is 0.261. The molecule has 0 aliphatic carbocycles. The molecule has 3 rings (SSSR count). The summed E-state index contributed by atoms with van der Waals surface area (Å²) in [6.45, 7) is 5.71. The van der Waals surface area contributed by atoms with Crippen LogP contribution in [0.4, 0.5) is 4.39 Å². The van der Waals surface area contributed by atoms with Crippen LogP contribution in [0, 0.1) is 5.82 Å². The van der Waals surface area contributed by atoms with Crippen LogP contribution in [0.3, 0.4) is 0 Å². The van der Waals surface area contributed by atoms with Crippen molar-refractivity contribution < 1.29 is 17.9 Å². The van der Waals surface area contributed by atoms with Crippen molar-refractivity contribution in [3.8, 4) is 11.1 Å². The van der Waals surface area contributed by atoms with Crippen molar-refractivity contribution in [1.29, 1.82) is 0 Å². The fraction of sp³-hybridized carbons (Fsp3) is 0.357. The normalized spacial score (nSPS) is 13.8. The minimum atomic E-state index is -1.29.